The first-order valence-electron chi connectivity index (χ1n) is 22.0. The van der Waals surface area contributed by atoms with Crippen LogP contribution in [0.3, 0.4) is 0 Å². The van der Waals surface area contributed by atoms with Gasteiger partial charge in [-0.25, -0.2) is 4.39 Å². The molecule has 1 aliphatic rings. The minimum atomic E-state index is -2.40. The number of nitrogens with zero attached hydrogens (tertiary/aromatic N) is 3. The van der Waals surface area contributed by atoms with Crippen molar-refractivity contribution in [2.45, 2.75) is 77.0 Å². The summed E-state index contributed by atoms with van der Waals surface area (Å²) < 4.78 is 58.8. The van der Waals surface area contributed by atoms with Crippen LogP contribution in [-0.2, 0) is 25.5 Å². The largest absolute Gasteiger partial charge is 0.498 e. The molecule has 0 bridgehead atoms. The van der Waals surface area contributed by atoms with Crippen LogP contribution < -0.4 is 0 Å². The van der Waals surface area contributed by atoms with Gasteiger partial charge < -0.3 is 19.0 Å². The molecule has 0 aliphatic carbocycles. The van der Waals surface area contributed by atoms with Crippen molar-refractivity contribution in [1.82, 2.24) is 14.5 Å². The average Bonchev–Trinajstić information content (AvgIpc) is 3.81. The number of para-hydroxylation sites is 2. The molecule has 7 heteroatoms. The maximum Gasteiger partial charge on any atom is 0.151 e. The normalized spacial score (nSPS) is 16.1. The van der Waals surface area contributed by atoms with Gasteiger partial charge in [-0.2, -0.15) is 0 Å². The number of hydrogen-bond donors (Lipinski definition) is 0. The van der Waals surface area contributed by atoms with Gasteiger partial charge in [0.1, 0.15) is 11.3 Å². The van der Waals surface area contributed by atoms with E-state index < -0.39 is 26.6 Å². The van der Waals surface area contributed by atoms with Crippen LogP contribution in [0, 0.1) is 24.8 Å². The molecule has 1 radical (unpaired) electrons. The van der Waals surface area contributed by atoms with Gasteiger partial charge in [-0.1, -0.05) is 112 Å². The molecule has 5 heterocycles. The summed E-state index contributed by atoms with van der Waals surface area (Å²) in [4.78, 5) is 9.10. The third kappa shape index (κ3) is 7.72. The van der Waals surface area contributed by atoms with E-state index in [1.807, 2.05) is 89.6 Å². The van der Waals surface area contributed by atoms with Crippen LogP contribution in [-0.4, -0.2) is 22.6 Å². The number of halogens is 1. The van der Waals surface area contributed by atoms with Crippen molar-refractivity contribution in [2.24, 2.45) is 0 Å². The van der Waals surface area contributed by atoms with E-state index in [-0.39, 0.29) is 31.1 Å². The van der Waals surface area contributed by atoms with E-state index >= 15 is 4.39 Å². The molecule has 0 amide bonds. The van der Waals surface area contributed by atoms with Crippen LogP contribution in [0.15, 0.2) is 132 Å². The van der Waals surface area contributed by atoms with E-state index in [4.69, 9.17) is 8.53 Å². The zero-order valence-electron chi connectivity index (χ0n) is 37.9. The Morgan fingerprint density at radius 2 is 1.44 bits per heavy atom. The fourth-order valence-corrected chi connectivity index (χ4v) is 10.5. The van der Waals surface area contributed by atoms with Gasteiger partial charge in [0.05, 0.1) is 16.6 Å². The molecule has 299 valence electrons. The standard InChI is InChI=1S/C37H32FN2OSi.C15H16N.Ir/c1-23-22-39-32(21-30(23)24-17-19-42(2,3)20-18-24)29-12-8-11-27-28-15-16-31(38)35(37(28)41-36(27)29)40-33-13-6-4-9-25(33)26-10-5-7-14-34(26)40;1-15(2,3)13-9-10-14(16-11-13)12-7-5-4-6-8-12;/h4-11,13-16,21-22,24H,17-20H2,1-3H3;4-7,9-11H,1-3H3;/q2*-1;/i1D3,24D;;. The molecule has 0 N–H and O–H groups in total. The smallest absolute Gasteiger partial charge is 0.151 e. The third-order valence-corrected chi connectivity index (χ3v) is 14.9. The van der Waals surface area contributed by atoms with Crippen LogP contribution in [0.25, 0.3) is 71.9 Å². The molecular formula is C52H48FIrN3OSi-2. The SMILES string of the molecule is CC(C)(C)c1ccc(-c2[c-]cccc2)nc1.[2H]C([2H])([2H])c1cnc(-c2[c-]ccc3c2oc2c(-n4c5ccccc5c5ccccc54)c(F)ccc23)cc1C1([2H])CC[Si](C)(C)CC1.[Ir]. The second kappa shape index (κ2) is 16.1. The molecule has 1 saturated heterocycles. The molecule has 59 heavy (non-hydrogen) atoms. The molecule has 4 nitrogen and oxygen atoms in total. The Hall–Kier alpha value is -5.20. The first kappa shape index (κ1) is 35.7. The molecule has 1 fully saturated rings. The van der Waals surface area contributed by atoms with Crippen molar-refractivity contribution in [2.75, 3.05) is 0 Å². The second-order valence-electron chi connectivity index (χ2n) is 17.2. The Kier molecular flexibility index (Phi) is 9.75. The number of pyridine rings is 2. The monoisotopic (exact) mass is 974 g/mol. The summed E-state index contributed by atoms with van der Waals surface area (Å²) in [7, 11) is -1.41. The molecule has 5 aromatic carbocycles. The van der Waals surface area contributed by atoms with Crippen molar-refractivity contribution in [1.29, 1.82) is 0 Å². The number of benzene rings is 5. The van der Waals surface area contributed by atoms with Gasteiger partial charge >= 0.3 is 0 Å². The van der Waals surface area contributed by atoms with E-state index in [1.54, 1.807) is 18.2 Å². The van der Waals surface area contributed by atoms with Crippen molar-refractivity contribution >= 4 is 51.8 Å². The molecule has 9 aromatic rings. The number of furan rings is 1. The topological polar surface area (TPSA) is 43.9 Å². The minimum absolute atomic E-state index is 0. The summed E-state index contributed by atoms with van der Waals surface area (Å²) in [6.45, 7) is 8.85. The van der Waals surface area contributed by atoms with E-state index in [1.165, 1.54) is 17.8 Å². The molecule has 10 rings (SSSR count). The molecule has 1 aliphatic heterocycles. The van der Waals surface area contributed by atoms with Crippen LogP contribution in [0.2, 0.25) is 25.2 Å². The predicted octanol–water partition coefficient (Wildman–Crippen LogP) is 14.4. The van der Waals surface area contributed by atoms with Gasteiger partial charge in [-0.05, 0) is 83.3 Å². The number of hydrogen-bond acceptors (Lipinski definition) is 3. The summed E-state index contributed by atoms with van der Waals surface area (Å²) >= 11 is 0. The van der Waals surface area contributed by atoms with Gasteiger partial charge in [0.15, 0.2) is 5.82 Å². The summed E-state index contributed by atoms with van der Waals surface area (Å²) in [6.07, 6.45) is 4.61. The minimum Gasteiger partial charge on any atom is -0.498 e. The molecule has 0 spiro atoms. The van der Waals surface area contributed by atoms with E-state index in [2.05, 4.69) is 68.1 Å². The zero-order chi connectivity index (χ0) is 43.6. The Balaban J connectivity index is 0.000000271. The Labute approximate surface area is 366 Å². The van der Waals surface area contributed by atoms with Gasteiger partial charge in [-0.3, -0.25) is 0 Å². The van der Waals surface area contributed by atoms with E-state index in [0.29, 0.717) is 46.5 Å². The van der Waals surface area contributed by atoms with Crippen molar-refractivity contribution < 1.29 is 34.4 Å². The predicted molar refractivity (Wildman–Crippen MR) is 241 cm³/mol. The molecule has 0 unspecified atom stereocenters. The maximum absolute atomic E-state index is 16.0. The summed E-state index contributed by atoms with van der Waals surface area (Å²) in [5, 5.41) is 3.56. The van der Waals surface area contributed by atoms with Crippen molar-refractivity contribution in [3.63, 3.8) is 0 Å². The number of fused-ring (bicyclic) bond motifs is 6. The average molecular weight is 974 g/mol. The Morgan fingerprint density at radius 3 is 2.08 bits per heavy atom. The fourth-order valence-electron chi connectivity index (χ4n) is 8.26. The quantitative estimate of drug-likeness (QED) is 0.130. The van der Waals surface area contributed by atoms with Crippen molar-refractivity contribution in [3.8, 4) is 28.2 Å². The van der Waals surface area contributed by atoms with Crippen LogP contribution in [0.5, 0.6) is 0 Å². The van der Waals surface area contributed by atoms with Crippen molar-refractivity contribution in [3.05, 3.63) is 162 Å². The first-order valence-corrected chi connectivity index (χ1v) is 23.4. The van der Waals surface area contributed by atoms with Gasteiger partial charge in [0.2, 0.25) is 0 Å². The van der Waals surface area contributed by atoms with Gasteiger partial charge in [0, 0.05) is 62.2 Å². The van der Waals surface area contributed by atoms with E-state index in [9.17, 15) is 1.37 Å². The Morgan fingerprint density at radius 1 is 0.763 bits per heavy atom. The van der Waals surface area contributed by atoms with Crippen LogP contribution in [0.1, 0.15) is 61.7 Å². The van der Waals surface area contributed by atoms with Gasteiger partial charge in [0.25, 0.3) is 0 Å². The second-order valence-corrected chi connectivity index (χ2v) is 22.5. The zero-order valence-corrected chi connectivity index (χ0v) is 37.3. The molecule has 0 saturated carbocycles. The third-order valence-electron chi connectivity index (χ3n) is 11.7. The fraction of sp³-hybridized carbons (Fsp3) is 0.231. The molecule has 0 atom stereocenters. The van der Waals surface area contributed by atoms with Gasteiger partial charge in [-0.15, -0.1) is 54.1 Å². The number of rotatable bonds is 4. The van der Waals surface area contributed by atoms with Crippen LogP contribution in [0.4, 0.5) is 4.39 Å². The Bertz CT molecular complexity index is 3060. The first-order chi connectivity index (χ1) is 29.5. The summed E-state index contributed by atoms with van der Waals surface area (Å²) in [6, 6.07) is 45.1. The molecule has 4 aromatic heterocycles. The summed E-state index contributed by atoms with van der Waals surface area (Å²) in [5.74, 6) is -1.43. The number of aromatic nitrogens is 3. The summed E-state index contributed by atoms with van der Waals surface area (Å²) in [5.41, 5.74) is 8.05. The number of aryl methyl sites for hydroxylation is 1. The van der Waals surface area contributed by atoms with E-state index in [0.717, 1.165) is 55.9 Å². The maximum atomic E-state index is 16.0. The van der Waals surface area contributed by atoms with Crippen LogP contribution >= 0.6 is 0 Å². The molecular weight excluding hydrogens is 922 g/mol.